The molecule has 134 valence electrons. The number of Topliss-reactive ketones (excluding diaryl/α,β-unsaturated/α-hetero) is 1. The van der Waals surface area contributed by atoms with Crippen LogP contribution in [0.4, 0.5) is 4.39 Å². The van der Waals surface area contributed by atoms with E-state index in [0.717, 1.165) is 4.68 Å². The van der Waals surface area contributed by atoms with Crippen molar-refractivity contribution >= 4 is 5.78 Å². The number of hydrogen-bond donors (Lipinski definition) is 0. The van der Waals surface area contributed by atoms with Crippen LogP contribution in [0, 0.1) is 5.82 Å². The maximum atomic E-state index is 13.0. The molecule has 0 amide bonds. The van der Waals surface area contributed by atoms with E-state index in [1.807, 2.05) is 0 Å². The van der Waals surface area contributed by atoms with Crippen LogP contribution in [0.5, 0.6) is 11.5 Å². The number of halogens is 1. The number of hydrogen-bond acceptors (Lipinski definition) is 6. The third-order valence-electron chi connectivity index (χ3n) is 3.70. The van der Waals surface area contributed by atoms with Crippen LogP contribution in [-0.2, 0) is 6.54 Å². The molecule has 0 aliphatic heterocycles. The van der Waals surface area contributed by atoms with Gasteiger partial charge in [0, 0.05) is 5.56 Å². The quantitative estimate of drug-likeness (QED) is 0.630. The molecule has 8 heteroatoms. The Morgan fingerprint density at radius 3 is 2.54 bits per heavy atom. The van der Waals surface area contributed by atoms with Gasteiger partial charge in [-0.25, -0.2) is 9.18 Å². The molecule has 3 aromatic rings. The van der Waals surface area contributed by atoms with E-state index in [1.54, 1.807) is 12.1 Å². The number of rotatable bonds is 6. The zero-order chi connectivity index (χ0) is 18.7. The maximum absolute atomic E-state index is 13.0. The lowest BCUT2D eigenvalue weighted by molar-refractivity contribution is 0.0961. The van der Waals surface area contributed by atoms with Gasteiger partial charge in [-0.1, -0.05) is 0 Å². The monoisotopic (exact) mass is 358 g/mol. The molecule has 0 fully saturated rings. The molecule has 0 radical (unpaired) electrons. The average molecular weight is 358 g/mol. The molecule has 0 saturated heterocycles. The van der Waals surface area contributed by atoms with Gasteiger partial charge in [-0.05, 0) is 42.5 Å². The van der Waals surface area contributed by atoms with Gasteiger partial charge < -0.3 is 13.9 Å². The van der Waals surface area contributed by atoms with Crippen LogP contribution in [0.2, 0.25) is 0 Å². The predicted molar refractivity (Wildman–Crippen MR) is 90.0 cm³/mol. The number of benzene rings is 2. The summed E-state index contributed by atoms with van der Waals surface area (Å²) in [4.78, 5) is 24.6. The van der Waals surface area contributed by atoms with E-state index in [0.29, 0.717) is 17.1 Å². The molecule has 7 nitrogen and oxygen atoms in total. The van der Waals surface area contributed by atoms with Gasteiger partial charge in [0.2, 0.25) is 5.89 Å². The largest absolute Gasteiger partial charge is 0.497 e. The van der Waals surface area contributed by atoms with Crippen LogP contribution in [0.1, 0.15) is 10.4 Å². The topological polar surface area (TPSA) is 83.6 Å². The number of nitrogens with zero attached hydrogens (tertiary/aromatic N) is 2. The van der Waals surface area contributed by atoms with Crippen molar-refractivity contribution in [2.24, 2.45) is 0 Å². The van der Waals surface area contributed by atoms with Gasteiger partial charge in [0.1, 0.15) is 23.9 Å². The van der Waals surface area contributed by atoms with Crippen LogP contribution in [0.25, 0.3) is 11.5 Å². The highest BCUT2D eigenvalue weighted by Gasteiger charge is 2.18. The van der Waals surface area contributed by atoms with Crippen molar-refractivity contribution in [3.05, 3.63) is 64.4 Å². The SMILES string of the molecule is COc1ccc(OC)c(C(=O)Cn2nc(-c3ccc(F)cc3)oc2=O)c1. The number of carbonyl (C=O) groups is 1. The van der Waals surface area contributed by atoms with Crippen LogP contribution < -0.4 is 15.2 Å². The molecule has 2 aromatic carbocycles. The number of aromatic nitrogens is 2. The molecule has 0 atom stereocenters. The van der Waals surface area contributed by atoms with Crippen LogP contribution in [-0.4, -0.2) is 29.8 Å². The van der Waals surface area contributed by atoms with Gasteiger partial charge in [-0.2, -0.15) is 4.68 Å². The first-order valence-electron chi connectivity index (χ1n) is 7.61. The number of carbonyl (C=O) groups excluding carboxylic acids is 1. The van der Waals surface area contributed by atoms with Gasteiger partial charge in [0.25, 0.3) is 0 Å². The molecule has 0 aliphatic carbocycles. The second-order valence-corrected chi connectivity index (χ2v) is 5.33. The molecule has 1 aromatic heterocycles. The summed E-state index contributed by atoms with van der Waals surface area (Å²) in [6.45, 7) is -0.340. The Kier molecular flexibility index (Phi) is 4.83. The number of ketones is 1. The van der Waals surface area contributed by atoms with Gasteiger partial charge in [-0.15, -0.1) is 5.10 Å². The van der Waals surface area contributed by atoms with E-state index in [9.17, 15) is 14.0 Å². The van der Waals surface area contributed by atoms with Gasteiger partial charge in [0.05, 0.1) is 19.8 Å². The third kappa shape index (κ3) is 3.49. The highest BCUT2D eigenvalue weighted by Crippen LogP contribution is 2.24. The summed E-state index contributed by atoms with van der Waals surface area (Å²) in [5.41, 5.74) is 0.679. The van der Waals surface area contributed by atoms with E-state index in [1.165, 1.54) is 44.6 Å². The molecule has 0 bridgehead atoms. The van der Waals surface area contributed by atoms with Crippen LogP contribution >= 0.6 is 0 Å². The summed E-state index contributed by atoms with van der Waals surface area (Å²) in [6, 6.07) is 10.1. The highest BCUT2D eigenvalue weighted by molar-refractivity contribution is 5.98. The van der Waals surface area contributed by atoms with Crippen LogP contribution in [0.3, 0.4) is 0 Å². The summed E-state index contributed by atoms with van der Waals surface area (Å²) in [6.07, 6.45) is 0. The molecule has 0 saturated carbocycles. The van der Waals surface area contributed by atoms with Crippen molar-refractivity contribution in [2.75, 3.05) is 14.2 Å². The normalized spacial score (nSPS) is 10.6. The summed E-state index contributed by atoms with van der Waals surface area (Å²) < 4.78 is 29.2. The third-order valence-corrected chi connectivity index (χ3v) is 3.70. The minimum absolute atomic E-state index is 0.000377. The van der Waals surface area contributed by atoms with E-state index >= 15 is 0 Å². The number of methoxy groups -OCH3 is 2. The Hall–Kier alpha value is -3.42. The maximum Gasteiger partial charge on any atom is 0.437 e. The lowest BCUT2D eigenvalue weighted by Crippen LogP contribution is -2.22. The molecule has 0 spiro atoms. The van der Waals surface area contributed by atoms with Crippen molar-refractivity contribution in [3.8, 4) is 23.0 Å². The standard InChI is InChI=1S/C18H15FN2O5/c1-24-13-7-8-16(25-2)14(9-13)15(22)10-21-18(23)26-17(20-21)11-3-5-12(19)6-4-11/h3-9H,10H2,1-2H3. The second-order valence-electron chi connectivity index (χ2n) is 5.33. The van der Waals surface area contributed by atoms with E-state index in [2.05, 4.69) is 5.10 Å². The fourth-order valence-corrected chi connectivity index (χ4v) is 2.37. The lowest BCUT2D eigenvalue weighted by Gasteiger charge is -2.09. The van der Waals surface area contributed by atoms with E-state index < -0.39 is 17.4 Å². The molecule has 0 unspecified atom stereocenters. The molecular formula is C18H15FN2O5. The first-order chi connectivity index (χ1) is 12.5. The van der Waals surface area contributed by atoms with E-state index in [-0.39, 0.29) is 18.0 Å². The van der Waals surface area contributed by atoms with Crippen molar-refractivity contribution in [2.45, 2.75) is 6.54 Å². The van der Waals surface area contributed by atoms with Gasteiger partial charge in [0.15, 0.2) is 5.78 Å². The predicted octanol–water partition coefficient (Wildman–Crippen LogP) is 2.54. The molecular weight excluding hydrogens is 343 g/mol. The Bertz CT molecular complexity index is 992. The summed E-state index contributed by atoms with van der Waals surface area (Å²) in [5, 5.41) is 4.00. The first kappa shape index (κ1) is 17.4. The van der Waals surface area contributed by atoms with Crippen LogP contribution in [0.15, 0.2) is 51.7 Å². The van der Waals surface area contributed by atoms with Gasteiger partial charge >= 0.3 is 5.76 Å². The smallest absolute Gasteiger partial charge is 0.437 e. The Morgan fingerprint density at radius 1 is 1.15 bits per heavy atom. The second kappa shape index (κ2) is 7.22. The number of ether oxygens (including phenoxy) is 2. The Labute approximate surface area is 147 Å². The fourth-order valence-electron chi connectivity index (χ4n) is 2.37. The Morgan fingerprint density at radius 2 is 1.88 bits per heavy atom. The van der Waals surface area contributed by atoms with E-state index in [4.69, 9.17) is 13.9 Å². The minimum Gasteiger partial charge on any atom is -0.497 e. The zero-order valence-corrected chi connectivity index (χ0v) is 14.1. The summed E-state index contributed by atoms with van der Waals surface area (Å²) in [7, 11) is 2.92. The van der Waals surface area contributed by atoms with Crippen molar-refractivity contribution in [1.82, 2.24) is 9.78 Å². The Balaban J connectivity index is 1.89. The molecule has 26 heavy (non-hydrogen) atoms. The molecule has 3 rings (SSSR count). The summed E-state index contributed by atoms with van der Waals surface area (Å²) >= 11 is 0. The van der Waals surface area contributed by atoms with Crippen molar-refractivity contribution in [3.63, 3.8) is 0 Å². The van der Waals surface area contributed by atoms with Crippen molar-refractivity contribution in [1.29, 1.82) is 0 Å². The van der Waals surface area contributed by atoms with Gasteiger partial charge in [-0.3, -0.25) is 4.79 Å². The molecule has 0 aliphatic rings. The first-order valence-corrected chi connectivity index (χ1v) is 7.61. The molecule has 0 N–H and O–H groups in total. The zero-order valence-electron chi connectivity index (χ0n) is 14.1. The molecule has 1 heterocycles. The fraction of sp³-hybridized carbons (Fsp3) is 0.167. The highest BCUT2D eigenvalue weighted by atomic mass is 19.1. The minimum atomic E-state index is -0.792. The lowest BCUT2D eigenvalue weighted by atomic mass is 10.1. The summed E-state index contributed by atoms with van der Waals surface area (Å²) in [5.74, 6) is -0.780. The van der Waals surface area contributed by atoms with Crippen molar-refractivity contribution < 1.29 is 23.1 Å². The average Bonchev–Trinajstić information content (AvgIpc) is 3.02.